The minimum Gasteiger partial charge on any atom is -0.288 e. The lowest BCUT2D eigenvalue weighted by atomic mass is 10.2. The van der Waals surface area contributed by atoms with E-state index in [0.29, 0.717) is 0 Å². The van der Waals surface area contributed by atoms with Gasteiger partial charge in [-0.15, -0.1) is 0 Å². The molecular formula is C7H3ClNO. The van der Waals surface area contributed by atoms with E-state index in [2.05, 4.69) is 0 Å². The van der Waals surface area contributed by atoms with E-state index in [9.17, 15) is 5.11 Å². The molecule has 0 aliphatic heterocycles. The first-order valence-corrected chi connectivity index (χ1v) is 2.99. The van der Waals surface area contributed by atoms with Crippen molar-refractivity contribution < 1.29 is 5.11 Å². The molecule has 2 nitrogen and oxygen atoms in total. The highest BCUT2D eigenvalue weighted by Crippen LogP contribution is 2.23. The van der Waals surface area contributed by atoms with Gasteiger partial charge in [0.05, 0.1) is 5.02 Å². The number of nitriles is 1. The van der Waals surface area contributed by atoms with Crippen LogP contribution in [0.5, 0.6) is 5.75 Å². The summed E-state index contributed by atoms with van der Waals surface area (Å²) in [7, 11) is 0. The van der Waals surface area contributed by atoms with Crippen molar-refractivity contribution in [2.24, 2.45) is 0 Å². The maximum Gasteiger partial charge on any atom is 0.197 e. The van der Waals surface area contributed by atoms with Crippen molar-refractivity contribution in [1.29, 1.82) is 5.26 Å². The lowest BCUT2D eigenvalue weighted by molar-refractivity contribution is 0.353. The van der Waals surface area contributed by atoms with Crippen molar-refractivity contribution in [2.75, 3.05) is 0 Å². The summed E-state index contributed by atoms with van der Waals surface area (Å²) in [5.41, 5.74) is 0.0177. The lowest BCUT2D eigenvalue weighted by Gasteiger charge is -1.92. The summed E-state index contributed by atoms with van der Waals surface area (Å²) < 4.78 is 0. The number of rotatable bonds is 0. The Morgan fingerprint density at radius 1 is 1.50 bits per heavy atom. The zero-order chi connectivity index (χ0) is 7.56. The van der Waals surface area contributed by atoms with Gasteiger partial charge in [-0.05, 0) is 12.1 Å². The van der Waals surface area contributed by atoms with Crippen LogP contribution in [-0.4, -0.2) is 0 Å². The van der Waals surface area contributed by atoms with Crippen LogP contribution in [-0.2, 0) is 5.11 Å². The first-order chi connectivity index (χ1) is 4.75. The number of halogens is 1. The predicted molar refractivity (Wildman–Crippen MR) is 36.3 cm³/mol. The summed E-state index contributed by atoms with van der Waals surface area (Å²) in [6.07, 6.45) is 0. The molecule has 0 aromatic heterocycles. The molecule has 0 saturated carbocycles. The number of benzene rings is 1. The van der Waals surface area contributed by atoms with Crippen LogP contribution in [0.4, 0.5) is 0 Å². The molecule has 1 aromatic carbocycles. The van der Waals surface area contributed by atoms with Gasteiger partial charge >= 0.3 is 0 Å². The lowest BCUT2D eigenvalue weighted by Crippen LogP contribution is -1.75. The first-order valence-electron chi connectivity index (χ1n) is 2.61. The first kappa shape index (κ1) is 6.91. The van der Waals surface area contributed by atoms with Gasteiger partial charge in [-0.25, -0.2) is 0 Å². The molecule has 0 heterocycles. The maximum atomic E-state index is 10.8. The summed E-state index contributed by atoms with van der Waals surface area (Å²) in [6, 6.07) is 6.06. The molecule has 0 N–H and O–H groups in total. The van der Waals surface area contributed by atoms with E-state index < -0.39 is 0 Å². The molecular weight excluding hydrogens is 150 g/mol. The molecule has 0 atom stereocenters. The fourth-order valence-corrected chi connectivity index (χ4v) is 0.821. The minimum atomic E-state index is -0.324. The Kier molecular flexibility index (Phi) is 1.79. The van der Waals surface area contributed by atoms with Crippen molar-refractivity contribution in [1.82, 2.24) is 0 Å². The second kappa shape index (κ2) is 2.59. The Morgan fingerprint density at radius 3 is 2.60 bits per heavy atom. The van der Waals surface area contributed by atoms with Crippen molar-refractivity contribution >= 4 is 11.6 Å². The number of hydrogen-bond acceptors (Lipinski definition) is 1. The van der Waals surface area contributed by atoms with Gasteiger partial charge in [0.2, 0.25) is 0 Å². The van der Waals surface area contributed by atoms with Crippen LogP contribution in [0.25, 0.3) is 0 Å². The van der Waals surface area contributed by atoms with Gasteiger partial charge in [0, 0.05) is 0 Å². The van der Waals surface area contributed by atoms with Gasteiger partial charge in [0.1, 0.15) is 11.6 Å². The zero-order valence-electron chi connectivity index (χ0n) is 4.97. The average Bonchev–Trinajstić information content (AvgIpc) is 1.88. The minimum absolute atomic E-state index is 0.0177. The Morgan fingerprint density at radius 2 is 2.20 bits per heavy atom. The molecule has 0 saturated heterocycles. The molecule has 3 heteroatoms. The second-order valence-electron chi connectivity index (χ2n) is 1.72. The van der Waals surface area contributed by atoms with Gasteiger partial charge in [0.15, 0.2) is 5.75 Å². The van der Waals surface area contributed by atoms with E-state index in [1.807, 2.05) is 0 Å². The van der Waals surface area contributed by atoms with Gasteiger partial charge in [-0.2, -0.15) is 5.26 Å². The van der Waals surface area contributed by atoms with Crippen LogP contribution in [0.1, 0.15) is 5.56 Å². The SMILES string of the molecule is N#Cc1c([O])cccc1Cl. The highest BCUT2D eigenvalue weighted by Gasteiger charge is 2.04. The molecule has 0 amide bonds. The van der Waals surface area contributed by atoms with E-state index in [0.717, 1.165) is 0 Å². The molecule has 1 aromatic rings. The van der Waals surface area contributed by atoms with Crippen molar-refractivity contribution in [3.8, 4) is 11.8 Å². The normalized spacial score (nSPS) is 8.80. The molecule has 0 fully saturated rings. The van der Waals surface area contributed by atoms with Gasteiger partial charge in [-0.1, -0.05) is 17.7 Å². The molecule has 0 aliphatic rings. The zero-order valence-corrected chi connectivity index (χ0v) is 5.72. The molecule has 10 heavy (non-hydrogen) atoms. The van der Waals surface area contributed by atoms with Crippen LogP contribution < -0.4 is 0 Å². The summed E-state index contributed by atoms with van der Waals surface area (Å²) in [4.78, 5) is 0. The van der Waals surface area contributed by atoms with Crippen LogP contribution in [0.3, 0.4) is 0 Å². The Labute approximate surface area is 63.3 Å². The Bertz CT molecular complexity index is 270. The largest absolute Gasteiger partial charge is 0.288 e. The van der Waals surface area contributed by atoms with E-state index in [1.54, 1.807) is 6.07 Å². The standard InChI is InChI=1S/C7H3ClNO/c8-6-2-1-3-7(10)5(6)4-9/h1-3H. The van der Waals surface area contributed by atoms with E-state index in [1.165, 1.54) is 18.2 Å². The fraction of sp³-hybridized carbons (Fsp3) is 0. The molecule has 1 rings (SSSR count). The van der Waals surface area contributed by atoms with Gasteiger partial charge in [0.25, 0.3) is 0 Å². The van der Waals surface area contributed by atoms with E-state index in [4.69, 9.17) is 16.9 Å². The second-order valence-corrected chi connectivity index (χ2v) is 2.13. The van der Waals surface area contributed by atoms with Gasteiger partial charge in [-0.3, -0.25) is 5.11 Å². The summed E-state index contributed by atoms with van der Waals surface area (Å²) in [5.74, 6) is -0.324. The predicted octanol–water partition coefficient (Wildman–Crippen LogP) is 2.36. The summed E-state index contributed by atoms with van der Waals surface area (Å²) >= 11 is 5.51. The third-order valence-corrected chi connectivity index (χ3v) is 1.40. The van der Waals surface area contributed by atoms with Crippen LogP contribution in [0, 0.1) is 11.3 Å². The average molecular weight is 153 g/mol. The van der Waals surface area contributed by atoms with E-state index >= 15 is 0 Å². The van der Waals surface area contributed by atoms with Crippen molar-refractivity contribution in [3.63, 3.8) is 0 Å². The fourth-order valence-electron chi connectivity index (χ4n) is 0.613. The highest BCUT2D eigenvalue weighted by molar-refractivity contribution is 6.31. The third kappa shape index (κ3) is 1.04. The van der Waals surface area contributed by atoms with Crippen molar-refractivity contribution in [2.45, 2.75) is 0 Å². The smallest absolute Gasteiger partial charge is 0.197 e. The van der Waals surface area contributed by atoms with E-state index in [-0.39, 0.29) is 16.3 Å². The quantitative estimate of drug-likeness (QED) is 0.563. The topological polar surface area (TPSA) is 43.7 Å². The summed E-state index contributed by atoms with van der Waals surface area (Å²) in [6.45, 7) is 0. The Balaban J connectivity index is 3.34. The number of nitrogens with zero attached hydrogens (tertiary/aromatic N) is 1. The molecule has 49 valence electrons. The Hall–Kier alpha value is -1.20. The molecule has 1 radical (unpaired) electrons. The highest BCUT2D eigenvalue weighted by atomic mass is 35.5. The number of hydrogen-bond donors (Lipinski definition) is 0. The molecule has 0 aliphatic carbocycles. The molecule has 0 bridgehead atoms. The van der Waals surface area contributed by atoms with Crippen LogP contribution in [0.2, 0.25) is 5.02 Å². The maximum absolute atomic E-state index is 10.8. The monoisotopic (exact) mass is 152 g/mol. The van der Waals surface area contributed by atoms with Crippen LogP contribution >= 0.6 is 11.6 Å². The molecule has 0 spiro atoms. The van der Waals surface area contributed by atoms with Crippen molar-refractivity contribution in [3.05, 3.63) is 28.8 Å². The van der Waals surface area contributed by atoms with Crippen LogP contribution in [0.15, 0.2) is 18.2 Å². The third-order valence-electron chi connectivity index (χ3n) is 1.09. The van der Waals surface area contributed by atoms with Gasteiger partial charge < -0.3 is 0 Å². The summed E-state index contributed by atoms with van der Waals surface area (Å²) in [5, 5.41) is 19.3. The molecule has 0 unspecified atom stereocenters.